The number of benzene rings is 1. The summed E-state index contributed by atoms with van der Waals surface area (Å²) in [4.78, 5) is 0. The van der Waals surface area contributed by atoms with Gasteiger partial charge >= 0.3 is 0 Å². The number of nitrogens with zero attached hydrogens (tertiary/aromatic N) is 2. The van der Waals surface area contributed by atoms with Gasteiger partial charge in [0.25, 0.3) is 0 Å². The van der Waals surface area contributed by atoms with Crippen LogP contribution in [0.15, 0.2) is 41.6 Å². The zero-order valence-electron chi connectivity index (χ0n) is 18.6. The second-order valence-electron chi connectivity index (χ2n) is 8.13. The molecular formula is C25H36N2O2. The molecule has 0 bridgehead atoms. The minimum atomic E-state index is 0.174. The zero-order chi connectivity index (χ0) is 21.4. The van der Waals surface area contributed by atoms with E-state index in [-0.39, 0.29) is 11.5 Å². The van der Waals surface area contributed by atoms with E-state index in [4.69, 9.17) is 0 Å². The van der Waals surface area contributed by atoms with Crippen molar-refractivity contribution in [1.29, 1.82) is 0 Å². The van der Waals surface area contributed by atoms with Gasteiger partial charge in [-0.15, -0.1) is 0 Å². The molecule has 29 heavy (non-hydrogen) atoms. The molecule has 0 saturated heterocycles. The topological polar surface area (TPSA) is 58.3 Å². The summed E-state index contributed by atoms with van der Waals surface area (Å²) in [5, 5.41) is 26.1. The Bertz CT molecular complexity index is 871. The van der Waals surface area contributed by atoms with Gasteiger partial charge in [0.1, 0.15) is 11.5 Å². The van der Waals surface area contributed by atoms with Crippen molar-refractivity contribution in [3.05, 3.63) is 52.8 Å². The summed E-state index contributed by atoms with van der Waals surface area (Å²) in [6.45, 7) is 8.49. The highest BCUT2D eigenvalue weighted by molar-refractivity contribution is 5.75. The summed E-state index contributed by atoms with van der Waals surface area (Å²) in [5.74, 6) is 0.349. The molecule has 0 aliphatic heterocycles. The second kappa shape index (κ2) is 10.9. The van der Waals surface area contributed by atoms with E-state index < -0.39 is 0 Å². The summed E-state index contributed by atoms with van der Waals surface area (Å²) < 4.78 is 1.78. The van der Waals surface area contributed by atoms with E-state index in [2.05, 4.69) is 44.9 Å². The number of aromatic hydroxyl groups is 2. The van der Waals surface area contributed by atoms with Crippen molar-refractivity contribution in [3.8, 4) is 22.8 Å². The standard InChI is InChI=1S/C25H36N2O2/c1-6-7-8-12-20-17-23(28)21(14-13-19(4)11-9-10-18(2)3)25(29)24(20)22-15-16-26-27(22)5/h10,13,15-17,28-29H,6-9,11-12,14H2,1-5H3. The number of phenols is 2. The van der Waals surface area contributed by atoms with Crippen LogP contribution < -0.4 is 0 Å². The van der Waals surface area contributed by atoms with Crippen LogP contribution in [0.4, 0.5) is 0 Å². The first kappa shape index (κ1) is 22.8. The third kappa shape index (κ3) is 6.25. The predicted octanol–water partition coefficient (Wildman–Crippen LogP) is 6.47. The molecule has 0 aliphatic rings. The third-order valence-electron chi connectivity index (χ3n) is 5.34. The van der Waals surface area contributed by atoms with Gasteiger partial charge in [-0.1, -0.05) is 43.1 Å². The number of phenolic OH excluding ortho intramolecular Hbond substituents is 2. The average molecular weight is 397 g/mol. The highest BCUT2D eigenvalue weighted by atomic mass is 16.3. The van der Waals surface area contributed by atoms with Gasteiger partial charge in [0.15, 0.2) is 0 Å². The normalized spacial score (nSPS) is 11.7. The summed E-state index contributed by atoms with van der Waals surface area (Å²) in [6, 6.07) is 3.75. The summed E-state index contributed by atoms with van der Waals surface area (Å²) in [5.41, 5.74) is 5.82. The summed E-state index contributed by atoms with van der Waals surface area (Å²) in [7, 11) is 1.88. The predicted molar refractivity (Wildman–Crippen MR) is 121 cm³/mol. The number of aromatic nitrogens is 2. The molecule has 1 aromatic carbocycles. The lowest BCUT2D eigenvalue weighted by Crippen LogP contribution is -2.00. The first-order chi connectivity index (χ1) is 13.8. The van der Waals surface area contributed by atoms with E-state index in [9.17, 15) is 10.2 Å². The van der Waals surface area contributed by atoms with E-state index >= 15 is 0 Å². The first-order valence-corrected chi connectivity index (χ1v) is 10.7. The molecular weight excluding hydrogens is 360 g/mol. The maximum absolute atomic E-state index is 11.1. The SMILES string of the molecule is CCCCCc1cc(O)c(CC=C(C)CCC=C(C)C)c(O)c1-c1ccnn1C. The van der Waals surface area contributed by atoms with Crippen LogP contribution in [0.5, 0.6) is 11.5 Å². The van der Waals surface area contributed by atoms with Crippen molar-refractivity contribution >= 4 is 0 Å². The Kier molecular flexibility index (Phi) is 8.56. The van der Waals surface area contributed by atoms with Gasteiger partial charge in [-0.05, 0) is 70.6 Å². The molecule has 4 nitrogen and oxygen atoms in total. The molecule has 2 rings (SSSR count). The van der Waals surface area contributed by atoms with Crippen molar-refractivity contribution in [3.63, 3.8) is 0 Å². The Morgan fingerprint density at radius 1 is 1.14 bits per heavy atom. The molecule has 158 valence electrons. The minimum Gasteiger partial charge on any atom is -0.508 e. The van der Waals surface area contributed by atoms with Crippen LogP contribution in [0, 0.1) is 0 Å². The summed E-state index contributed by atoms with van der Waals surface area (Å²) in [6.07, 6.45) is 12.7. The van der Waals surface area contributed by atoms with Crippen LogP contribution in [0.25, 0.3) is 11.3 Å². The van der Waals surface area contributed by atoms with Gasteiger partial charge in [0.2, 0.25) is 0 Å². The molecule has 1 heterocycles. The molecule has 0 amide bonds. The van der Waals surface area contributed by atoms with Gasteiger partial charge in [0.05, 0.1) is 5.69 Å². The number of aryl methyl sites for hydroxylation is 2. The fourth-order valence-corrected chi connectivity index (χ4v) is 3.58. The Balaban J connectivity index is 2.36. The van der Waals surface area contributed by atoms with Crippen molar-refractivity contribution in [2.24, 2.45) is 7.05 Å². The first-order valence-electron chi connectivity index (χ1n) is 10.7. The number of rotatable bonds is 10. The monoisotopic (exact) mass is 396 g/mol. The largest absolute Gasteiger partial charge is 0.508 e. The summed E-state index contributed by atoms with van der Waals surface area (Å²) >= 11 is 0. The van der Waals surface area contributed by atoms with Gasteiger partial charge in [0, 0.05) is 24.4 Å². The lowest BCUT2D eigenvalue weighted by Gasteiger charge is -2.17. The molecule has 0 aliphatic carbocycles. The van der Waals surface area contributed by atoms with Crippen molar-refractivity contribution in [2.75, 3.05) is 0 Å². The van der Waals surface area contributed by atoms with E-state index in [1.165, 1.54) is 11.1 Å². The van der Waals surface area contributed by atoms with Crippen LogP contribution in [-0.4, -0.2) is 20.0 Å². The minimum absolute atomic E-state index is 0.174. The fraction of sp³-hybridized carbons (Fsp3) is 0.480. The molecule has 0 spiro atoms. The maximum atomic E-state index is 11.1. The molecule has 4 heteroatoms. The van der Waals surface area contributed by atoms with Crippen molar-refractivity contribution in [2.45, 2.75) is 72.6 Å². The number of allylic oxidation sites excluding steroid dienone is 4. The van der Waals surface area contributed by atoms with E-state index in [1.54, 1.807) is 10.9 Å². The van der Waals surface area contributed by atoms with E-state index in [1.807, 2.05) is 19.2 Å². The van der Waals surface area contributed by atoms with Gasteiger partial charge < -0.3 is 10.2 Å². The Hall–Kier alpha value is -2.49. The Labute approximate surface area is 175 Å². The smallest absolute Gasteiger partial charge is 0.132 e. The van der Waals surface area contributed by atoms with Crippen LogP contribution in [0.1, 0.15) is 70.9 Å². The molecule has 0 unspecified atom stereocenters. The second-order valence-corrected chi connectivity index (χ2v) is 8.13. The molecule has 0 fully saturated rings. The maximum Gasteiger partial charge on any atom is 0.132 e. The molecule has 0 atom stereocenters. The molecule has 0 radical (unpaired) electrons. The Morgan fingerprint density at radius 3 is 2.52 bits per heavy atom. The third-order valence-corrected chi connectivity index (χ3v) is 5.34. The van der Waals surface area contributed by atoms with Gasteiger partial charge in [-0.2, -0.15) is 5.10 Å². The van der Waals surface area contributed by atoms with Crippen LogP contribution in [0.2, 0.25) is 0 Å². The van der Waals surface area contributed by atoms with E-state index in [0.29, 0.717) is 12.0 Å². The average Bonchev–Trinajstić information content (AvgIpc) is 3.07. The van der Waals surface area contributed by atoms with Crippen LogP contribution in [0.3, 0.4) is 0 Å². The lowest BCUT2D eigenvalue weighted by atomic mass is 9.93. The fourth-order valence-electron chi connectivity index (χ4n) is 3.58. The van der Waals surface area contributed by atoms with E-state index in [0.717, 1.165) is 55.3 Å². The van der Waals surface area contributed by atoms with Gasteiger partial charge in [-0.3, -0.25) is 4.68 Å². The lowest BCUT2D eigenvalue weighted by molar-refractivity contribution is 0.440. The van der Waals surface area contributed by atoms with Gasteiger partial charge in [-0.25, -0.2) is 0 Å². The molecule has 1 aromatic heterocycles. The Morgan fingerprint density at radius 2 is 1.90 bits per heavy atom. The zero-order valence-corrected chi connectivity index (χ0v) is 18.6. The number of hydrogen-bond acceptors (Lipinski definition) is 3. The highest BCUT2D eigenvalue weighted by Crippen LogP contribution is 2.41. The van der Waals surface area contributed by atoms with Crippen LogP contribution >= 0.6 is 0 Å². The quantitative estimate of drug-likeness (QED) is 0.357. The highest BCUT2D eigenvalue weighted by Gasteiger charge is 2.20. The molecule has 0 saturated carbocycles. The number of hydrogen-bond donors (Lipinski definition) is 2. The molecule has 2 aromatic rings. The van der Waals surface area contributed by atoms with Crippen molar-refractivity contribution in [1.82, 2.24) is 9.78 Å². The van der Waals surface area contributed by atoms with Crippen LogP contribution in [-0.2, 0) is 19.9 Å². The van der Waals surface area contributed by atoms with Crippen molar-refractivity contribution < 1.29 is 10.2 Å². The number of unbranched alkanes of at least 4 members (excludes halogenated alkanes) is 2. The molecule has 2 N–H and O–H groups in total.